The molecule has 2 aromatic heterocycles. The van der Waals surface area contributed by atoms with Crippen molar-refractivity contribution >= 4 is 17.7 Å². The van der Waals surface area contributed by atoms with Crippen molar-refractivity contribution in [3.05, 3.63) is 65.5 Å². The lowest BCUT2D eigenvalue weighted by Crippen LogP contribution is -2.17. The molecule has 0 unspecified atom stereocenters. The molecule has 0 saturated carbocycles. The van der Waals surface area contributed by atoms with Crippen molar-refractivity contribution in [3.63, 3.8) is 0 Å². The zero-order chi connectivity index (χ0) is 22.1. The second-order valence-electron chi connectivity index (χ2n) is 6.26. The smallest absolute Gasteiger partial charge is 0.341 e. The first-order valence-electron chi connectivity index (χ1n) is 9.53. The first-order valence-corrected chi connectivity index (χ1v) is 9.53. The molecule has 154 valence electrons. The zero-order valence-corrected chi connectivity index (χ0v) is 16.8. The average molecular weight is 413 g/mol. The molecule has 0 aliphatic rings. The second kappa shape index (κ2) is 10.3. The Morgan fingerprint density at radius 1 is 0.968 bits per heavy atom. The Labute approximate surface area is 179 Å². The summed E-state index contributed by atoms with van der Waals surface area (Å²) in [5, 5.41) is 24.0. The van der Waals surface area contributed by atoms with Crippen LogP contribution in [0, 0.1) is 22.7 Å². The van der Waals surface area contributed by atoms with E-state index in [1.54, 1.807) is 43.3 Å². The molecule has 9 nitrogen and oxygen atoms in total. The lowest BCUT2D eigenvalue weighted by molar-refractivity contribution is 0.0526. The van der Waals surface area contributed by atoms with Crippen molar-refractivity contribution in [2.24, 2.45) is 0 Å². The van der Waals surface area contributed by atoms with E-state index in [4.69, 9.17) is 15.3 Å². The third-order valence-electron chi connectivity index (χ3n) is 4.18. The monoisotopic (exact) mass is 413 g/mol. The number of hydrogen-bond donors (Lipinski definition) is 2. The topological polar surface area (TPSA) is 137 Å². The molecule has 1 aromatic carbocycles. The van der Waals surface area contributed by atoms with Gasteiger partial charge in [-0.25, -0.2) is 19.7 Å². The molecule has 0 aliphatic carbocycles. The predicted octanol–water partition coefficient (Wildman–Crippen LogP) is 2.98. The third-order valence-corrected chi connectivity index (χ3v) is 4.18. The SMILES string of the molecule is CCOC(=O)c1cnc(NCCNc2ccc(C#N)cn2)nc1-c1ccc(C#N)cc1. The van der Waals surface area contributed by atoms with E-state index in [2.05, 4.69) is 31.7 Å². The number of aromatic nitrogens is 3. The normalized spacial score (nSPS) is 9.90. The van der Waals surface area contributed by atoms with Gasteiger partial charge in [-0.1, -0.05) is 12.1 Å². The fraction of sp³-hybridized carbons (Fsp3) is 0.182. The second-order valence-corrected chi connectivity index (χ2v) is 6.26. The molecule has 0 amide bonds. The van der Waals surface area contributed by atoms with Crippen LogP contribution in [0.2, 0.25) is 0 Å². The van der Waals surface area contributed by atoms with E-state index in [9.17, 15) is 4.79 Å². The van der Waals surface area contributed by atoms with Crippen molar-refractivity contribution < 1.29 is 9.53 Å². The molecule has 0 saturated heterocycles. The van der Waals surface area contributed by atoms with Crippen LogP contribution in [0.25, 0.3) is 11.3 Å². The van der Waals surface area contributed by atoms with Gasteiger partial charge in [0.25, 0.3) is 0 Å². The summed E-state index contributed by atoms with van der Waals surface area (Å²) in [7, 11) is 0. The van der Waals surface area contributed by atoms with Crippen LogP contribution >= 0.6 is 0 Å². The first-order chi connectivity index (χ1) is 15.1. The average Bonchev–Trinajstić information content (AvgIpc) is 2.82. The molecule has 0 spiro atoms. The Morgan fingerprint density at radius 2 is 1.68 bits per heavy atom. The van der Waals surface area contributed by atoms with Crippen LogP contribution in [0.15, 0.2) is 48.8 Å². The Hall–Kier alpha value is -4.50. The van der Waals surface area contributed by atoms with Crippen LogP contribution in [-0.4, -0.2) is 40.6 Å². The molecular weight excluding hydrogens is 394 g/mol. The number of benzene rings is 1. The molecular formula is C22H19N7O2. The van der Waals surface area contributed by atoms with Crippen LogP contribution in [0.3, 0.4) is 0 Å². The van der Waals surface area contributed by atoms with E-state index in [0.29, 0.717) is 47.2 Å². The summed E-state index contributed by atoms with van der Waals surface area (Å²) in [5.41, 5.74) is 2.34. The van der Waals surface area contributed by atoms with Gasteiger partial charge < -0.3 is 15.4 Å². The van der Waals surface area contributed by atoms with Crippen molar-refractivity contribution in [3.8, 4) is 23.4 Å². The lowest BCUT2D eigenvalue weighted by Gasteiger charge is -2.11. The fourth-order valence-corrected chi connectivity index (χ4v) is 2.68. The Balaban J connectivity index is 1.72. The van der Waals surface area contributed by atoms with Gasteiger partial charge >= 0.3 is 5.97 Å². The highest BCUT2D eigenvalue weighted by Crippen LogP contribution is 2.23. The predicted molar refractivity (Wildman–Crippen MR) is 114 cm³/mol. The van der Waals surface area contributed by atoms with Crippen LogP contribution in [0.5, 0.6) is 0 Å². The number of nitriles is 2. The summed E-state index contributed by atoms with van der Waals surface area (Å²) in [4.78, 5) is 25.2. The fourth-order valence-electron chi connectivity index (χ4n) is 2.68. The highest BCUT2D eigenvalue weighted by atomic mass is 16.5. The molecule has 3 aromatic rings. The standard InChI is InChI=1S/C22H19N7O2/c1-2-31-21(30)18-14-28-22(29-20(18)17-6-3-15(11-23)4-7-17)26-10-9-25-19-8-5-16(12-24)13-27-19/h3-8,13-14H,2,9-10H2,1H3,(H,25,27)(H,26,28,29). The van der Waals surface area contributed by atoms with Crippen LogP contribution in [0.4, 0.5) is 11.8 Å². The van der Waals surface area contributed by atoms with Gasteiger partial charge in [0.2, 0.25) is 5.95 Å². The van der Waals surface area contributed by atoms with Gasteiger partial charge in [0.15, 0.2) is 0 Å². The van der Waals surface area contributed by atoms with Gasteiger partial charge in [-0.05, 0) is 31.2 Å². The van der Waals surface area contributed by atoms with Crippen LogP contribution < -0.4 is 10.6 Å². The third kappa shape index (κ3) is 5.52. The minimum absolute atomic E-state index is 0.237. The largest absolute Gasteiger partial charge is 0.462 e. The molecule has 2 heterocycles. The molecule has 0 atom stereocenters. The summed E-state index contributed by atoms with van der Waals surface area (Å²) in [5.74, 6) is 0.488. The van der Waals surface area contributed by atoms with Crippen molar-refractivity contribution in [2.45, 2.75) is 6.92 Å². The molecule has 0 fully saturated rings. The molecule has 31 heavy (non-hydrogen) atoms. The molecule has 2 N–H and O–H groups in total. The first kappa shape index (κ1) is 21.2. The summed E-state index contributed by atoms with van der Waals surface area (Å²) in [6.07, 6.45) is 2.92. The Morgan fingerprint density at radius 3 is 2.32 bits per heavy atom. The number of esters is 1. The van der Waals surface area contributed by atoms with Gasteiger partial charge in [0, 0.05) is 31.0 Å². The summed E-state index contributed by atoms with van der Waals surface area (Å²) in [6.45, 7) is 2.99. The number of rotatable bonds is 8. The number of hydrogen-bond acceptors (Lipinski definition) is 9. The molecule has 3 rings (SSSR count). The maximum Gasteiger partial charge on any atom is 0.341 e. The molecule has 9 heteroatoms. The molecule has 0 aliphatic heterocycles. The van der Waals surface area contributed by atoms with Gasteiger partial charge in [-0.3, -0.25) is 0 Å². The number of ether oxygens (including phenoxy) is 1. The Kier molecular flexibility index (Phi) is 7.07. The number of pyridine rings is 1. The van der Waals surface area contributed by atoms with Gasteiger partial charge in [-0.15, -0.1) is 0 Å². The van der Waals surface area contributed by atoms with E-state index in [1.165, 1.54) is 12.4 Å². The van der Waals surface area contributed by atoms with E-state index >= 15 is 0 Å². The van der Waals surface area contributed by atoms with Crippen molar-refractivity contribution in [1.82, 2.24) is 15.0 Å². The highest BCUT2D eigenvalue weighted by molar-refractivity contribution is 5.96. The quantitative estimate of drug-likeness (QED) is 0.422. The summed E-state index contributed by atoms with van der Waals surface area (Å²) < 4.78 is 5.11. The van der Waals surface area contributed by atoms with E-state index < -0.39 is 5.97 Å². The van der Waals surface area contributed by atoms with Crippen LogP contribution in [-0.2, 0) is 4.74 Å². The number of nitrogens with zero attached hydrogens (tertiary/aromatic N) is 5. The van der Waals surface area contributed by atoms with E-state index in [1.807, 2.05) is 6.07 Å². The summed E-state index contributed by atoms with van der Waals surface area (Å²) >= 11 is 0. The minimum atomic E-state index is -0.512. The van der Waals surface area contributed by atoms with Gasteiger partial charge in [0.1, 0.15) is 17.5 Å². The zero-order valence-electron chi connectivity index (χ0n) is 16.8. The van der Waals surface area contributed by atoms with Gasteiger partial charge in [-0.2, -0.15) is 10.5 Å². The Bertz CT molecular complexity index is 1130. The maximum atomic E-state index is 12.3. The van der Waals surface area contributed by atoms with Crippen molar-refractivity contribution in [2.75, 3.05) is 30.3 Å². The maximum absolute atomic E-state index is 12.3. The van der Waals surface area contributed by atoms with Crippen molar-refractivity contribution in [1.29, 1.82) is 10.5 Å². The molecule has 0 bridgehead atoms. The number of anilines is 2. The van der Waals surface area contributed by atoms with Crippen LogP contribution in [0.1, 0.15) is 28.4 Å². The number of carbonyl (C=O) groups excluding carboxylic acids is 1. The highest BCUT2D eigenvalue weighted by Gasteiger charge is 2.17. The number of carbonyl (C=O) groups is 1. The minimum Gasteiger partial charge on any atom is -0.462 e. The van der Waals surface area contributed by atoms with E-state index in [0.717, 1.165) is 0 Å². The summed E-state index contributed by atoms with van der Waals surface area (Å²) in [6, 6.07) is 14.3. The van der Waals surface area contributed by atoms with Gasteiger partial charge in [0.05, 0.1) is 29.5 Å². The number of nitrogens with one attached hydrogen (secondary N) is 2. The van der Waals surface area contributed by atoms with E-state index in [-0.39, 0.29) is 12.2 Å². The molecule has 0 radical (unpaired) electrons. The lowest BCUT2D eigenvalue weighted by atomic mass is 10.1.